The first-order valence-electron chi connectivity index (χ1n) is 7.29. The third kappa shape index (κ3) is 3.88. The first-order chi connectivity index (χ1) is 10.2. The summed E-state index contributed by atoms with van der Waals surface area (Å²) in [5.74, 6) is 1.37. The largest absolute Gasteiger partial charge is 0.493 e. The summed E-state index contributed by atoms with van der Waals surface area (Å²) in [7, 11) is 2.93. The molecule has 1 aromatic carbocycles. The second-order valence-electron chi connectivity index (χ2n) is 5.27. The van der Waals surface area contributed by atoms with Crippen LogP contribution in [0.25, 0.3) is 0 Å². The molecular weight excluding hydrogens is 270 g/mol. The van der Waals surface area contributed by atoms with Crippen LogP contribution in [0.1, 0.15) is 30.1 Å². The van der Waals surface area contributed by atoms with E-state index >= 15 is 0 Å². The van der Waals surface area contributed by atoms with Crippen molar-refractivity contribution in [3.63, 3.8) is 0 Å². The smallest absolute Gasteiger partial charge is 0.337 e. The van der Waals surface area contributed by atoms with Crippen molar-refractivity contribution < 1.29 is 19.0 Å². The average Bonchev–Trinajstić information content (AvgIpc) is 2.55. The van der Waals surface area contributed by atoms with Gasteiger partial charge in [-0.2, -0.15) is 0 Å². The number of benzene rings is 1. The van der Waals surface area contributed by atoms with E-state index in [4.69, 9.17) is 14.2 Å². The highest BCUT2D eigenvalue weighted by atomic mass is 16.5. The molecule has 5 heteroatoms. The fourth-order valence-corrected chi connectivity index (χ4v) is 2.62. The van der Waals surface area contributed by atoms with Gasteiger partial charge in [-0.15, -0.1) is 0 Å². The van der Waals surface area contributed by atoms with E-state index in [0.29, 0.717) is 23.0 Å². The summed E-state index contributed by atoms with van der Waals surface area (Å²) in [6.45, 7) is 4.16. The maximum Gasteiger partial charge on any atom is 0.337 e. The van der Waals surface area contributed by atoms with Crippen LogP contribution in [0.4, 0.5) is 0 Å². The molecule has 0 spiro atoms. The highest BCUT2D eigenvalue weighted by Gasteiger charge is 2.22. The predicted octanol–water partition coefficient (Wildman–Crippen LogP) is 2.25. The number of piperidine rings is 1. The van der Waals surface area contributed by atoms with Crippen molar-refractivity contribution in [3.05, 3.63) is 23.8 Å². The molecule has 0 aliphatic carbocycles. The second kappa shape index (κ2) is 7.31. The zero-order chi connectivity index (χ0) is 15.2. The van der Waals surface area contributed by atoms with Gasteiger partial charge >= 0.3 is 5.97 Å². The van der Waals surface area contributed by atoms with Crippen LogP contribution >= 0.6 is 0 Å². The number of ether oxygens (including phenoxy) is 3. The van der Waals surface area contributed by atoms with Crippen molar-refractivity contribution in [2.75, 3.05) is 27.3 Å². The van der Waals surface area contributed by atoms with Crippen LogP contribution in [-0.2, 0) is 4.74 Å². The van der Waals surface area contributed by atoms with Gasteiger partial charge in [-0.25, -0.2) is 4.79 Å². The van der Waals surface area contributed by atoms with E-state index in [1.54, 1.807) is 25.3 Å². The molecule has 1 aromatic rings. The van der Waals surface area contributed by atoms with Crippen molar-refractivity contribution in [2.24, 2.45) is 5.92 Å². The van der Waals surface area contributed by atoms with E-state index in [2.05, 4.69) is 12.2 Å². The lowest BCUT2D eigenvalue weighted by Gasteiger charge is -2.29. The van der Waals surface area contributed by atoms with Crippen molar-refractivity contribution in [1.82, 2.24) is 5.32 Å². The quantitative estimate of drug-likeness (QED) is 0.844. The maximum atomic E-state index is 11.5. The summed E-state index contributed by atoms with van der Waals surface area (Å²) in [6.07, 6.45) is 2.35. The number of carbonyl (C=O) groups excluding carboxylic acids is 1. The van der Waals surface area contributed by atoms with Crippen LogP contribution in [-0.4, -0.2) is 39.4 Å². The van der Waals surface area contributed by atoms with Gasteiger partial charge in [0.15, 0.2) is 11.5 Å². The van der Waals surface area contributed by atoms with Crippen molar-refractivity contribution in [3.8, 4) is 11.5 Å². The topological polar surface area (TPSA) is 56.8 Å². The molecule has 1 heterocycles. The number of hydrogen-bond acceptors (Lipinski definition) is 5. The molecule has 1 atom stereocenters. The predicted molar refractivity (Wildman–Crippen MR) is 80.0 cm³/mol. The third-order valence-corrected chi connectivity index (χ3v) is 3.95. The Labute approximate surface area is 125 Å². The van der Waals surface area contributed by atoms with Crippen LogP contribution in [0.3, 0.4) is 0 Å². The molecule has 1 unspecified atom stereocenters. The first kappa shape index (κ1) is 15.6. The summed E-state index contributed by atoms with van der Waals surface area (Å²) in [4.78, 5) is 11.5. The lowest BCUT2D eigenvalue weighted by molar-refractivity contribution is 0.0600. The zero-order valence-corrected chi connectivity index (χ0v) is 12.8. The number of esters is 1. The Morgan fingerprint density at radius 3 is 2.57 bits per heavy atom. The van der Waals surface area contributed by atoms with Gasteiger partial charge in [0, 0.05) is 0 Å². The number of carbonyl (C=O) groups is 1. The van der Waals surface area contributed by atoms with Gasteiger partial charge in [-0.1, -0.05) is 0 Å². The van der Waals surface area contributed by atoms with Crippen LogP contribution in [0.2, 0.25) is 0 Å². The molecule has 1 fully saturated rings. The summed E-state index contributed by atoms with van der Waals surface area (Å²) < 4.78 is 16.1. The summed E-state index contributed by atoms with van der Waals surface area (Å²) in [5, 5.41) is 3.35. The van der Waals surface area contributed by atoms with E-state index in [0.717, 1.165) is 25.9 Å². The molecule has 0 bridgehead atoms. The molecule has 0 radical (unpaired) electrons. The van der Waals surface area contributed by atoms with Gasteiger partial charge in [0.2, 0.25) is 0 Å². The molecule has 1 saturated heterocycles. The van der Waals surface area contributed by atoms with Crippen LogP contribution < -0.4 is 14.8 Å². The molecule has 116 valence electrons. The Morgan fingerprint density at radius 1 is 1.24 bits per heavy atom. The average molecular weight is 293 g/mol. The Morgan fingerprint density at radius 2 is 1.95 bits per heavy atom. The Kier molecular flexibility index (Phi) is 5.44. The Balaban J connectivity index is 2.09. The molecule has 5 nitrogen and oxygen atoms in total. The SMILES string of the molecule is COC(=O)c1ccc(OC(C)C2CCNCC2)c(OC)c1. The van der Waals surface area contributed by atoms with Crippen molar-refractivity contribution >= 4 is 5.97 Å². The monoisotopic (exact) mass is 293 g/mol. The first-order valence-corrected chi connectivity index (χ1v) is 7.29. The minimum atomic E-state index is -0.383. The van der Waals surface area contributed by atoms with Crippen molar-refractivity contribution in [2.45, 2.75) is 25.9 Å². The van der Waals surface area contributed by atoms with Gasteiger partial charge in [0.05, 0.1) is 25.9 Å². The molecule has 1 aliphatic heterocycles. The highest BCUT2D eigenvalue weighted by Crippen LogP contribution is 2.31. The van der Waals surface area contributed by atoms with E-state index in [9.17, 15) is 4.79 Å². The summed E-state index contributed by atoms with van der Waals surface area (Å²) in [6, 6.07) is 5.11. The molecule has 1 aliphatic rings. The molecule has 21 heavy (non-hydrogen) atoms. The van der Waals surface area contributed by atoms with Gasteiger partial charge in [-0.3, -0.25) is 0 Å². The Bertz CT molecular complexity index is 483. The molecule has 0 saturated carbocycles. The molecule has 1 N–H and O–H groups in total. The minimum Gasteiger partial charge on any atom is -0.493 e. The van der Waals surface area contributed by atoms with Crippen LogP contribution in [0.5, 0.6) is 11.5 Å². The van der Waals surface area contributed by atoms with E-state index in [-0.39, 0.29) is 12.1 Å². The van der Waals surface area contributed by atoms with E-state index in [1.165, 1.54) is 7.11 Å². The number of methoxy groups -OCH3 is 2. The van der Waals surface area contributed by atoms with Gasteiger partial charge < -0.3 is 19.5 Å². The molecule has 0 amide bonds. The van der Waals surface area contributed by atoms with Crippen molar-refractivity contribution in [1.29, 1.82) is 0 Å². The zero-order valence-electron chi connectivity index (χ0n) is 12.8. The summed E-state index contributed by atoms with van der Waals surface area (Å²) >= 11 is 0. The standard InChI is InChI=1S/C16H23NO4/c1-11(12-6-8-17-9-7-12)21-14-5-4-13(16(18)20-3)10-15(14)19-2/h4-5,10-12,17H,6-9H2,1-3H3. The van der Waals surface area contributed by atoms with Gasteiger partial charge in [0.1, 0.15) is 0 Å². The fraction of sp³-hybridized carbons (Fsp3) is 0.562. The van der Waals surface area contributed by atoms with E-state index in [1.807, 2.05) is 0 Å². The maximum absolute atomic E-state index is 11.5. The lowest BCUT2D eigenvalue weighted by Crippen LogP contribution is -2.35. The van der Waals surface area contributed by atoms with Crippen LogP contribution in [0.15, 0.2) is 18.2 Å². The van der Waals surface area contributed by atoms with Crippen LogP contribution in [0, 0.1) is 5.92 Å². The number of hydrogen-bond donors (Lipinski definition) is 1. The molecule has 0 aromatic heterocycles. The minimum absolute atomic E-state index is 0.116. The highest BCUT2D eigenvalue weighted by molar-refractivity contribution is 5.90. The molecule has 2 rings (SSSR count). The molecular formula is C16H23NO4. The van der Waals surface area contributed by atoms with Gasteiger partial charge in [-0.05, 0) is 57.0 Å². The number of rotatable bonds is 5. The lowest BCUT2D eigenvalue weighted by atomic mass is 9.93. The third-order valence-electron chi connectivity index (χ3n) is 3.95. The van der Waals surface area contributed by atoms with Gasteiger partial charge in [0.25, 0.3) is 0 Å². The normalized spacial score (nSPS) is 17.1. The van der Waals surface area contributed by atoms with E-state index < -0.39 is 0 Å². The fourth-order valence-electron chi connectivity index (χ4n) is 2.62. The Hall–Kier alpha value is -1.75. The second-order valence-corrected chi connectivity index (χ2v) is 5.27. The summed E-state index contributed by atoms with van der Waals surface area (Å²) in [5.41, 5.74) is 0.455. The number of nitrogens with one attached hydrogen (secondary N) is 1.